The van der Waals surface area contributed by atoms with Gasteiger partial charge < -0.3 is 11.1 Å². The summed E-state index contributed by atoms with van der Waals surface area (Å²) in [7, 11) is 0. The highest BCUT2D eigenvalue weighted by atomic mass is 32.1. The van der Waals surface area contributed by atoms with Crippen molar-refractivity contribution in [2.75, 3.05) is 25.0 Å². The van der Waals surface area contributed by atoms with E-state index in [0.29, 0.717) is 12.3 Å². The number of aromatic nitrogens is 2. The van der Waals surface area contributed by atoms with Crippen molar-refractivity contribution in [1.82, 2.24) is 14.5 Å². The van der Waals surface area contributed by atoms with Crippen LogP contribution < -0.4 is 11.1 Å². The van der Waals surface area contributed by atoms with Gasteiger partial charge in [-0.05, 0) is 38.8 Å². The van der Waals surface area contributed by atoms with Gasteiger partial charge in [0.25, 0.3) is 0 Å². The highest BCUT2D eigenvalue weighted by molar-refractivity contribution is 7.10. The van der Waals surface area contributed by atoms with Crippen LogP contribution >= 0.6 is 11.5 Å². The first-order valence-corrected chi connectivity index (χ1v) is 7.52. The molecule has 2 rings (SSSR count). The van der Waals surface area contributed by atoms with Gasteiger partial charge in [-0.25, -0.2) is 0 Å². The molecule has 6 nitrogen and oxygen atoms in total. The van der Waals surface area contributed by atoms with E-state index in [1.807, 2.05) is 0 Å². The fourth-order valence-electron chi connectivity index (χ4n) is 2.45. The second-order valence-corrected chi connectivity index (χ2v) is 5.72. The van der Waals surface area contributed by atoms with E-state index in [0.717, 1.165) is 49.7 Å². The van der Waals surface area contributed by atoms with Gasteiger partial charge in [-0.15, -0.1) is 5.10 Å². The number of likely N-dealkylation sites (tertiary alicyclic amines) is 1. The molecule has 3 N–H and O–H groups in total. The average Bonchev–Trinajstić information content (AvgIpc) is 2.79. The Bertz CT molecular complexity index is 414. The lowest BCUT2D eigenvalue weighted by atomic mass is 9.93. The highest BCUT2D eigenvalue weighted by Gasteiger charge is 2.22. The van der Waals surface area contributed by atoms with Crippen molar-refractivity contribution < 1.29 is 4.79 Å². The number of nitrogens with two attached hydrogens (primary N) is 1. The van der Waals surface area contributed by atoms with E-state index >= 15 is 0 Å². The Morgan fingerprint density at radius 2 is 2.26 bits per heavy atom. The van der Waals surface area contributed by atoms with Crippen LogP contribution in [0, 0.1) is 5.92 Å². The first-order chi connectivity index (χ1) is 9.19. The number of piperidine rings is 1. The van der Waals surface area contributed by atoms with Crippen LogP contribution in [-0.2, 0) is 11.3 Å². The van der Waals surface area contributed by atoms with Crippen molar-refractivity contribution in [3.8, 4) is 0 Å². The largest absolute Gasteiger partial charge is 0.374 e. The molecule has 1 saturated heterocycles. The zero-order chi connectivity index (χ0) is 13.7. The number of hydrogen-bond acceptors (Lipinski definition) is 6. The maximum atomic E-state index is 10.9. The summed E-state index contributed by atoms with van der Waals surface area (Å²) in [6.45, 7) is 5.79. The number of primary amides is 1. The number of rotatable bonds is 6. The van der Waals surface area contributed by atoms with Crippen LogP contribution in [0.2, 0.25) is 0 Å². The predicted molar refractivity (Wildman–Crippen MR) is 75.9 cm³/mol. The summed E-state index contributed by atoms with van der Waals surface area (Å²) in [4.78, 5) is 13.3. The number of anilines is 1. The van der Waals surface area contributed by atoms with Gasteiger partial charge in [0.2, 0.25) is 5.91 Å². The highest BCUT2D eigenvalue weighted by Crippen LogP contribution is 2.24. The van der Waals surface area contributed by atoms with Crippen LogP contribution in [0.3, 0.4) is 0 Å². The van der Waals surface area contributed by atoms with Gasteiger partial charge in [0.05, 0.1) is 0 Å². The van der Waals surface area contributed by atoms with Crippen molar-refractivity contribution in [3.05, 3.63) is 5.69 Å². The van der Waals surface area contributed by atoms with Crippen molar-refractivity contribution in [3.63, 3.8) is 0 Å². The topological polar surface area (TPSA) is 84.1 Å². The van der Waals surface area contributed by atoms with Crippen LogP contribution in [-0.4, -0.2) is 40.0 Å². The first-order valence-electron chi connectivity index (χ1n) is 6.74. The van der Waals surface area contributed by atoms with Crippen LogP contribution in [0.15, 0.2) is 0 Å². The minimum atomic E-state index is -0.184. The molecule has 1 amide bonds. The van der Waals surface area contributed by atoms with E-state index in [9.17, 15) is 4.79 Å². The van der Waals surface area contributed by atoms with E-state index in [4.69, 9.17) is 5.73 Å². The number of carbonyl (C=O) groups is 1. The lowest BCUT2D eigenvalue weighted by molar-refractivity contribution is -0.119. The summed E-state index contributed by atoms with van der Waals surface area (Å²) in [5.74, 6) is 0.270. The summed E-state index contributed by atoms with van der Waals surface area (Å²) < 4.78 is 4.00. The normalized spacial score (nSPS) is 17.5. The van der Waals surface area contributed by atoms with Crippen molar-refractivity contribution in [1.29, 1.82) is 0 Å². The molecule has 1 aromatic heterocycles. The van der Waals surface area contributed by atoms with E-state index in [1.54, 1.807) is 0 Å². The average molecular weight is 283 g/mol. The lowest BCUT2D eigenvalue weighted by Crippen LogP contribution is -2.34. The van der Waals surface area contributed by atoms with Crippen LogP contribution in [0.25, 0.3) is 0 Å². The monoisotopic (exact) mass is 283 g/mol. The van der Waals surface area contributed by atoms with E-state index in [1.165, 1.54) is 11.5 Å². The fraction of sp³-hybridized carbons (Fsp3) is 0.750. The first kappa shape index (κ1) is 14.2. The molecule has 0 spiro atoms. The summed E-state index contributed by atoms with van der Waals surface area (Å²) in [5, 5.41) is 8.54. The summed E-state index contributed by atoms with van der Waals surface area (Å²) >= 11 is 1.41. The van der Waals surface area contributed by atoms with Crippen molar-refractivity contribution in [2.24, 2.45) is 11.7 Å². The van der Waals surface area contributed by atoms with E-state index in [-0.39, 0.29) is 5.91 Å². The quantitative estimate of drug-likeness (QED) is 0.815. The van der Waals surface area contributed by atoms with Gasteiger partial charge in [0.1, 0.15) is 10.7 Å². The molecule has 1 aliphatic heterocycles. The molecule has 7 heteroatoms. The van der Waals surface area contributed by atoms with Gasteiger partial charge in [0.15, 0.2) is 0 Å². The van der Waals surface area contributed by atoms with E-state index in [2.05, 4.69) is 26.7 Å². The molecule has 0 saturated carbocycles. The maximum Gasteiger partial charge on any atom is 0.217 e. The van der Waals surface area contributed by atoms with Crippen molar-refractivity contribution >= 4 is 22.4 Å². The van der Waals surface area contributed by atoms with Crippen LogP contribution in [0.1, 0.15) is 31.9 Å². The Balaban J connectivity index is 1.82. The Hall–Kier alpha value is -1.21. The number of hydrogen-bond donors (Lipinski definition) is 2. The minimum absolute atomic E-state index is 0.184. The molecular weight excluding hydrogens is 262 g/mol. The smallest absolute Gasteiger partial charge is 0.217 e. The SMILES string of the molecule is CCNc1snnc1CN1CCC(CC(N)=O)CC1. The molecule has 19 heavy (non-hydrogen) atoms. The second-order valence-electron chi connectivity index (χ2n) is 4.97. The summed E-state index contributed by atoms with van der Waals surface area (Å²) in [6.07, 6.45) is 2.60. The standard InChI is InChI=1S/C12H21N5OS/c1-2-14-12-10(15-16-19-12)8-17-5-3-9(4-6-17)7-11(13)18/h9,14H,2-8H2,1H3,(H2,13,18). The molecule has 0 bridgehead atoms. The molecular formula is C12H21N5OS. The molecule has 0 aromatic carbocycles. The predicted octanol–water partition coefficient (Wildman–Crippen LogP) is 1.06. The third-order valence-corrected chi connectivity index (χ3v) is 4.19. The number of nitrogens with zero attached hydrogens (tertiary/aromatic N) is 3. The summed E-state index contributed by atoms with van der Waals surface area (Å²) in [5.41, 5.74) is 6.27. The molecule has 0 aliphatic carbocycles. The molecule has 1 aliphatic rings. The Morgan fingerprint density at radius 1 is 1.53 bits per heavy atom. The van der Waals surface area contributed by atoms with Crippen LogP contribution in [0.4, 0.5) is 5.00 Å². The van der Waals surface area contributed by atoms with Gasteiger partial charge in [0, 0.05) is 31.0 Å². The number of nitrogens with one attached hydrogen (secondary N) is 1. The van der Waals surface area contributed by atoms with E-state index < -0.39 is 0 Å². The molecule has 2 heterocycles. The summed E-state index contributed by atoms with van der Waals surface area (Å²) in [6, 6.07) is 0. The molecule has 106 valence electrons. The Kier molecular flexibility index (Phi) is 5.09. The Labute approximate surface area is 117 Å². The molecule has 1 fully saturated rings. The molecule has 0 radical (unpaired) electrons. The zero-order valence-corrected chi connectivity index (χ0v) is 12.1. The van der Waals surface area contributed by atoms with Gasteiger partial charge in [-0.1, -0.05) is 4.49 Å². The number of amides is 1. The molecule has 0 unspecified atom stereocenters. The number of carbonyl (C=O) groups excluding carboxylic acids is 1. The lowest BCUT2D eigenvalue weighted by Gasteiger charge is -2.30. The van der Waals surface area contributed by atoms with Gasteiger partial charge in [-0.2, -0.15) is 0 Å². The molecule has 0 atom stereocenters. The second kappa shape index (κ2) is 6.81. The maximum absolute atomic E-state index is 10.9. The fourth-order valence-corrected chi connectivity index (χ4v) is 3.09. The van der Waals surface area contributed by atoms with Gasteiger partial charge in [-0.3, -0.25) is 9.69 Å². The minimum Gasteiger partial charge on any atom is -0.374 e. The van der Waals surface area contributed by atoms with Gasteiger partial charge >= 0.3 is 0 Å². The molecule has 1 aromatic rings. The third kappa shape index (κ3) is 4.14. The van der Waals surface area contributed by atoms with Crippen molar-refractivity contribution in [2.45, 2.75) is 32.7 Å². The zero-order valence-electron chi connectivity index (χ0n) is 11.3. The van der Waals surface area contributed by atoms with Crippen LogP contribution in [0.5, 0.6) is 0 Å². The Morgan fingerprint density at radius 3 is 2.89 bits per heavy atom. The third-order valence-electron chi connectivity index (χ3n) is 3.46.